The van der Waals surface area contributed by atoms with Crippen LogP contribution in [-0.4, -0.2) is 56.5 Å². The van der Waals surface area contributed by atoms with Crippen molar-refractivity contribution in [3.05, 3.63) is 0 Å². The topological polar surface area (TPSA) is 49.4 Å². The molecule has 0 aromatic heterocycles. The molecule has 1 saturated heterocycles. The smallest absolute Gasteiger partial charge is 0.153 e. The van der Waals surface area contributed by atoms with Gasteiger partial charge in [0.1, 0.15) is 0 Å². The van der Waals surface area contributed by atoms with Gasteiger partial charge in [-0.2, -0.15) is 0 Å². The molecule has 0 bridgehead atoms. The number of hydrogen-bond donors (Lipinski definition) is 1. The monoisotopic (exact) mass is 272 g/mol. The molecule has 0 saturated carbocycles. The third-order valence-corrected chi connectivity index (χ3v) is 5.87. The molecule has 0 spiro atoms. The van der Waals surface area contributed by atoms with E-state index >= 15 is 0 Å². The van der Waals surface area contributed by atoms with Crippen LogP contribution in [0.4, 0.5) is 0 Å². The quantitative estimate of drug-likeness (QED) is 0.740. The molecule has 1 N–H and O–H groups in total. The lowest BCUT2D eigenvalue weighted by atomic mass is 10.0. The highest BCUT2D eigenvalue weighted by Gasteiger charge is 2.31. The summed E-state index contributed by atoms with van der Waals surface area (Å²) >= 11 is 0. The second-order valence-corrected chi connectivity index (χ2v) is 8.32. The number of rotatable bonds is 5. The van der Waals surface area contributed by atoms with Gasteiger partial charge in [0.25, 0.3) is 0 Å². The van der Waals surface area contributed by atoms with Crippen LogP contribution in [0, 0.1) is 12.3 Å². The van der Waals surface area contributed by atoms with Crippen LogP contribution in [0.15, 0.2) is 0 Å². The summed E-state index contributed by atoms with van der Waals surface area (Å²) in [6.07, 6.45) is 8.64. The highest BCUT2D eigenvalue weighted by molar-refractivity contribution is 7.92. The molecule has 18 heavy (non-hydrogen) atoms. The summed E-state index contributed by atoms with van der Waals surface area (Å²) in [6.45, 7) is 6.72. The average Bonchev–Trinajstić information content (AvgIpc) is 2.27. The second kappa shape index (κ2) is 6.05. The molecule has 5 heteroatoms. The largest absolute Gasteiger partial charge is 0.312 e. The molecular weight excluding hydrogens is 248 g/mol. The Morgan fingerprint density at radius 3 is 2.39 bits per heavy atom. The number of sulfone groups is 1. The highest BCUT2D eigenvalue weighted by atomic mass is 32.2. The Hall–Kier alpha value is -0.570. The van der Waals surface area contributed by atoms with Crippen molar-refractivity contribution in [1.82, 2.24) is 10.2 Å². The van der Waals surface area contributed by atoms with Crippen molar-refractivity contribution in [2.75, 3.05) is 32.4 Å². The van der Waals surface area contributed by atoms with Crippen molar-refractivity contribution < 1.29 is 8.42 Å². The molecule has 0 atom stereocenters. The number of terminal acetylenes is 1. The molecule has 104 valence electrons. The third-order valence-electron chi connectivity index (χ3n) is 3.72. The average molecular weight is 272 g/mol. The van der Waals surface area contributed by atoms with Gasteiger partial charge in [-0.05, 0) is 26.7 Å². The van der Waals surface area contributed by atoms with Crippen LogP contribution < -0.4 is 5.32 Å². The van der Waals surface area contributed by atoms with Crippen LogP contribution >= 0.6 is 0 Å². The summed E-state index contributed by atoms with van der Waals surface area (Å²) in [5.41, 5.74) is 0. The van der Waals surface area contributed by atoms with Crippen molar-refractivity contribution in [3.8, 4) is 12.3 Å². The van der Waals surface area contributed by atoms with Crippen molar-refractivity contribution in [3.63, 3.8) is 0 Å². The van der Waals surface area contributed by atoms with Crippen molar-refractivity contribution in [1.29, 1.82) is 0 Å². The van der Waals surface area contributed by atoms with E-state index in [4.69, 9.17) is 6.42 Å². The molecule has 0 unspecified atom stereocenters. The van der Waals surface area contributed by atoms with E-state index in [-0.39, 0.29) is 0 Å². The third kappa shape index (κ3) is 4.27. The molecule has 0 aromatic carbocycles. The summed E-state index contributed by atoms with van der Waals surface area (Å²) in [5, 5.41) is 3.37. The van der Waals surface area contributed by atoms with Crippen LogP contribution in [0.5, 0.6) is 0 Å². The standard InChI is InChI=1S/C13H24N2O2S/c1-5-8-15-9-6-12(7-10-15)14-11-13(2,3)18(4,16)17/h1,12,14H,6-11H2,2-4H3. The Balaban J connectivity index is 2.37. The maximum atomic E-state index is 11.6. The lowest BCUT2D eigenvalue weighted by Gasteiger charge is -2.33. The lowest BCUT2D eigenvalue weighted by Crippen LogP contribution is -2.49. The Labute approximate surface area is 111 Å². The van der Waals surface area contributed by atoms with Crippen LogP contribution in [0.25, 0.3) is 0 Å². The maximum Gasteiger partial charge on any atom is 0.153 e. The summed E-state index contributed by atoms with van der Waals surface area (Å²) in [6, 6.07) is 0.403. The van der Waals surface area contributed by atoms with Crippen molar-refractivity contribution in [2.45, 2.75) is 37.5 Å². The SMILES string of the molecule is C#CCN1CCC(NCC(C)(C)S(C)(=O)=O)CC1. The Morgan fingerprint density at radius 1 is 1.39 bits per heavy atom. The van der Waals surface area contributed by atoms with E-state index in [1.54, 1.807) is 13.8 Å². The minimum atomic E-state index is -3.02. The van der Waals surface area contributed by atoms with Crippen molar-refractivity contribution in [2.24, 2.45) is 0 Å². The van der Waals surface area contributed by atoms with E-state index < -0.39 is 14.6 Å². The highest BCUT2D eigenvalue weighted by Crippen LogP contribution is 2.16. The Bertz CT molecular complexity index is 401. The van der Waals surface area contributed by atoms with Crippen LogP contribution in [0.3, 0.4) is 0 Å². The lowest BCUT2D eigenvalue weighted by molar-refractivity contribution is 0.216. The van der Waals surface area contributed by atoms with E-state index in [0.29, 0.717) is 19.1 Å². The minimum absolute atomic E-state index is 0.403. The molecular formula is C13H24N2O2S. The first-order valence-corrected chi connectivity index (χ1v) is 8.24. The predicted octanol–water partition coefficient (Wildman–Crippen LogP) is 0.497. The maximum absolute atomic E-state index is 11.6. The fraction of sp³-hybridized carbons (Fsp3) is 0.846. The number of piperidine rings is 1. The second-order valence-electron chi connectivity index (χ2n) is 5.67. The first kappa shape index (κ1) is 15.5. The van der Waals surface area contributed by atoms with Gasteiger partial charge < -0.3 is 5.32 Å². The van der Waals surface area contributed by atoms with Gasteiger partial charge in [0.2, 0.25) is 0 Å². The van der Waals surface area contributed by atoms with Gasteiger partial charge in [-0.15, -0.1) is 6.42 Å². The van der Waals surface area contributed by atoms with Gasteiger partial charge in [-0.3, -0.25) is 4.90 Å². The molecule has 0 amide bonds. The number of likely N-dealkylation sites (tertiary alicyclic amines) is 1. The number of hydrogen-bond acceptors (Lipinski definition) is 4. The molecule has 0 aliphatic carbocycles. The summed E-state index contributed by atoms with van der Waals surface area (Å²) in [4.78, 5) is 2.25. The van der Waals surface area contributed by atoms with Gasteiger partial charge in [0, 0.05) is 31.9 Å². The Kier molecular flexibility index (Phi) is 5.20. The summed E-state index contributed by atoms with van der Waals surface area (Å²) in [5.74, 6) is 2.65. The van der Waals surface area contributed by atoms with Gasteiger partial charge in [0.05, 0.1) is 11.3 Å². The summed E-state index contributed by atoms with van der Waals surface area (Å²) in [7, 11) is -3.02. The molecule has 1 fully saturated rings. The molecule has 0 aromatic rings. The normalized spacial score (nSPS) is 19.7. The van der Waals surface area contributed by atoms with E-state index in [2.05, 4.69) is 16.1 Å². The zero-order valence-electron chi connectivity index (χ0n) is 11.6. The van der Waals surface area contributed by atoms with E-state index in [0.717, 1.165) is 25.9 Å². The van der Waals surface area contributed by atoms with Crippen molar-refractivity contribution >= 4 is 9.84 Å². The molecule has 0 radical (unpaired) electrons. The fourth-order valence-electron chi connectivity index (χ4n) is 1.95. The Morgan fingerprint density at radius 2 is 1.94 bits per heavy atom. The minimum Gasteiger partial charge on any atom is -0.312 e. The first-order valence-electron chi connectivity index (χ1n) is 6.35. The van der Waals surface area contributed by atoms with Gasteiger partial charge in [0.15, 0.2) is 9.84 Å². The predicted molar refractivity (Wildman–Crippen MR) is 75.2 cm³/mol. The molecule has 1 rings (SSSR count). The summed E-state index contributed by atoms with van der Waals surface area (Å²) < 4.78 is 22.5. The first-order chi connectivity index (χ1) is 8.26. The van der Waals surface area contributed by atoms with Crippen LogP contribution in [-0.2, 0) is 9.84 Å². The molecule has 4 nitrogen and oxygen atoms in total. The zero-order chi connectivity index (χ0) is 13.8. The zero-order valence-corrected chi connectivity index (χ0v) is 12.4. The van der Waals surface area contributed by atoms with E-state index in [9.17, 15) is 8.42 Å². The van der Waals surface area contributed by atoms with Gasteiger partial charge in [-0.1, -0.05) is 5.92 Å². The van der Waals surface area contributed by atoms with E-state index in [1.165, 1.54) is 6.26 Å². The number of nitrogens with one attached hydrogen (secondary N) is 1. The van der Waals surface area contributed by atoms with Crippen LogP contribution in [0.1, 0.15) is 26.7 Å². The van der Waals surface area contributed by atoms with Gasteiger partial charge >= 0.3 is 0 Å². The van der Waals surface area contributed by atoms with Crippen LogP contribution in [0.2, 0.25) is 0 Å². The number of nitrogens with zero attached hydrogens (tertiary/aromatic N) is 1. The van der Waals surface area contributed by atoms with Gasteiger partial charge in [-0.25, -0.2) is 8.42 Å². The van der Waals surface area contributed by atoms with E-state index in [1.807, 2.05) is 0 Å². The molecule has 1 aliphatic rings. The molecule has 1 heterocycles. The molecule has 1 aliphatic heterocycles. The fourth-order valence-corrected chi connectivity index (χ4v) is 2.29.